The van der Waals surface area contributed by atoms with Crippen molar-refractivity contribution in [2.45, 2.75) is 13.1 Å². The minimum atomic E-state index is -4.44. The Balaban J connectivity index is 1.57. The molecular formula is C25H17ClF3N3O3. The minimum absolute atomic E-state index is 0.0672. The van der Waals surface area contributed by atoms with Crippen LogP contribution in [0.25, 0.3) is 10.8 Å². The van der Waals surface area contributed by atoms with Crippen LogP contribution in [0.4, 0.5) is 35.9 Å². The molecule has 0 bridgehead atoms. The van der Waals surface area contributed by atoms with Crippen LogP contribution in [0, 0.1) is 17.0 Å². The maximum absolute atomic E-state index is 13.0. The Bertz CT molecular complexity index is 1470. The van der Waals surface area contributed by atoms with Gasteiger partial charge in [0.2, 0.25) is 0 Å². The molecule has 2 N–H and O–H groups in total. The van der Waals surface area contributed by atoms with E-state index in [9.17, 15) is 28.1 Å². The summed E-state index contributed by atoms with van der Waals surface area (Å²) in [6, 6.07) is 17.5. The molecule has 0 saturated carbocycles. The van der Waals surface area contributed by atoms with Crippen LogP contribution >= 0.6 is 11.6 Å². The highest BCUT2D eigenvalue weighted by Crippen LogP contribution is 2.33. The molecule has 0 spiro atoms. The number of amides is 1. The molecule has 0 unspecified atom stereocenters. The van der Waals surface area contributed by atoms with E-state index in [0.29, 0.717) is 17.1 Å². The molecule has 178 valence electrons. The Morgan fingerprint density at radius 1 is 0.943 bits per heavy atom. The first-order chi connectivity index (χ1) is 16.5. The molecule has 0 aliphatic rings. The van der Waals surface area contributed by atoms with Crippen LogP contribution in [0.5, 0.6) is 0 Å². The Morgan fingerprint density at radius 3 is 2.43 bits per heavy atom. The summed E-state index contributed by atoms with van der Waals surface area (Å²) in [6.07, 6.45) is -4.44. The fraction of sp³-hybridized carbons (Fsp3) is 0.0800. The molecule has 4 rings (SSSR count). The predicted octanol–water partition coefficient (Wildman–Crippen LogP) is 7.72. The van der Waals surface area contributed by atoms with Crippen molar-refractivity contribution in [1.29, 1.82) is 0 Å². The predicted molar refractivity (Wildman–Crippen MR) is 129 cm³/mol. The molecule has 0 fully saturated rings. The van der Waals surface area contributed by atoms with Gasteiger partial charge in [-0.3, -0.25) is 14.9 Å². The van der Waals surface area contributed by atoms with Crippen LogP contribution in [0.2, 0.25) is 5.02 Å². The van der Waals surface area contributed by atoms with E-state index in [2.05, 4.69) is 10.6 Å². The van der Waals surface area contributed by atoms with Crippen LogP contribution < -0.4 is 10.6 Å². The molecule has 0 aromatic heterocycles. The van der Waals surface area contributed by atoms with E-state index >= 15 is 0 Å². The molecule has 0 radical (unpaired) electrons. The summed E-state index contributed by atoms with van der Waals surface area (Å²) in [6.45, 7) is 1.84. The number of nitrogens with one attached hydrogen (secondary N) is 2. The monoisotopic (exact) mass is 499 g/mol. The average molecular weight is 500 g/mol. The van der Waals surface area contributed by atoms with Crippen molar-refractivity contribution in [1.82, 2.24) is 0 Å². The lowest BCUT2D eigenvalue weighted by atomic mass is 10.0. The first-order valence-corrected chi connectivity index (χ1v) is 10.6. The normalized spacial score (nSPS) is 11.3. The van der Waals surface area contributed by atoms with Gasteiger partial charge in [0.15, 0.2) is 0 Å². The standard InChI is InChI=1S/C25H17ClF3N3O3/c1-14-9-20(30-18-4-2-3-17(12-18)25(27,28)29)10-15-5-7-19(13-21(14)15)31-24(33)16-6-8-22(26)23(11-16)32(34)35/h2-13,30H,1H3,(H,31,33). The fourth-order valence-corrected chi connectivity index (χ4v) is 3.82. The summed E-state index contributed by atoms with van der Waals surface area (Å²) in [4.78, 5) is 23.0. The van der Waals surface area contributed by atoms with Crippen molar-refractivity contribution in [2.75, 3.05) is 10.6 Å². The molecule has 0 heterocycles. The maximum atomic E-state index is 13.0. The van der Waals surface area contributed by atoms with Crippen molar-refractivity contribution in [3.63, 3.8) is 0 Å². The molecule has 10 heteroatoms. The second-order valence-corrected chi connectivity index (χ2v) is 8.22. The summed E-state index contributed by atoms with van der Waals surface area (Å²) in [7, 11) is 0. The van der Waals surface area contributed by atoms with Crippen LogP contribution in [0.3, 0.4) is 0 Å². The van der Waals surface area contributed by atoms with E-state index in [1.807, 2.05) is 6.92 Å². The summed E-state index contributed by atoms with van der Waals surface area (Å²) in [5, 5.41) is 18.3. The lowest BCUT2D eigenvalue weighted by molar-refractivity contribution is -0.384. The number of benzene rings is 4. The zero-order valence-corrected chi connectivity index (χ0v) is 18.9. The Hall–Kier alpha value is -4.11. The van der Waals surface area contributed by atoms with E-state index in [0.717, 1.165) is 34.5 Å². The van der Waals surface area contributed by atoms with Crippen LogP contribution in [-0.2, 0) is 6.18 Å². The van der Waals surface area contributed by atoms with E-state index in [-0.39, 0.29) is 16.3 Å². The van der Waals surface area contributed by atoms with Gasteiger partial charge in [0, 0.05) is 28.7 Å². The molecular weight excluding hydrogens is 483 g/mol. The number of rotatable bonds is 5. The number of hydrogen-bond acceptors (Lipinski definition) is 4. The van der Waals surface area contributed by atoms with Crippen molar-refractivity contribution in [3.8, 4) is 0 Å². The van der Waals surface area contributed by atoms with E-state index in [1.54, 1.807) is 36.4 Å². The van der Waals surface area contributed by atoms with Gasteiger partial charge in [0.1, 0.15) is 5.02 Å². The Morgan fingerprint density at radius 2 is 1.71 bits per heavy atom. The van der Waals surface area contributed by atoms with Gasteiger partial charge >= 0.3 is 6.18 Å². The lowest BCUT2D eigenvalue weighted by Crippen LogP contribution is -2.12. The number of halogens is 4. The molecule has 0 saturated heterocycles. The smallest absolute Gasteiger partial charge is 0.355 e. The summed E-state index contributed by atoms with van der Waals surface area (Å²) in [5.74, 6) is -0.537. The van der Waals surface area contributed by atoms with Gasteiger partial charge in [-0.05, 0) is 77.9 Å². The molecule has 4 aromatic carbocycles. The maximum Gasteiger partial charge on any atom is 0.416 e. The van der Waals surface area contributed by atoms with Crippen molar-refractivity contribution < 1.29 is 22.9 Å². The molecule has 35 heavy (non-hydrogen) atoms. The number of alkyl halides is 3. The van der Waals surface area contributed by atoms with Crippen LogP contribution in [0.15, 0.2) is 72.8 Å². The molecule has 6 nitrogen and oxygen atoms in total. The third kappa shape index (κ3) is 5.36. The van der Waals surface area contributed by atoms with Gasteiger partial charge in [0.05, 0.1) is 10.5 Å². The highest BCUT2D eigenvalue weighted by Gasteiger charge is 2.30. The van der Waals surface area contributed by atoms with Crippen LogP contribution in [0.1, 0.15) is 21.5 Å². The Kier molecular flexibility index (Phi) is 6.36. The summed E-state index contributed by atoms with van der Waals surface area (Å²) in [5.41, 5.74) is 1.19. The zero-order chi connectivity index (χ0) is 25.3. The second kappa shape index (κ2) is 9.27. The highest BCUT2D eigenvalue weighted by atomic mass is 35.5. The second-order valence-electron chi connectivity index (χ2n) is 7.81. The topological polar surface area (TPSA) is 84.3 Å². The number of hydrogen-bond donors (Lipinski definition) is 2. The van der Waals surface area contributed by atoms with Gasteiger partial charge in [-0.2, -0.15) is 13.2 Å². The fourth-order valence-electron chi connectivity index (χ4n) is 3.63. The molecule has 0 aliphatic carbocycles. The number of aryl methyl sites for hydroxylation is 1. The lowest BCUT2D eigenvalue weighted by Gasteiger charge is -2.13. The van der Waals surface area contributed by atoms with Gasteiger partial charge in [-0.15, -0.1) is 0 Å². The molecule has 4 aromatic rings. The zero-order valence-electron chi connectivity index (χ0n) is 18.1. The van der Waals surface area contributed by atoms with E-state index in [4.69, 9.17) is 11.6 Å². The SMILES string of the molecule is Cc1cc(Nc2cccc(C(F)(F)F)c2)cc2ccc(NC(=O)c3ccc(Cl)c([N+](=O)[O-])c3)cc12. The third-order valence-corrected chi connectivity index (χ3v) is 5.62. The van der Waals surface area contributed by atoms with Gasteiger partial charge < -0.3 is 10.6 Å². The molecule has 0 aliphatic heterocycles. The highest BCUT2D eigenvalue weighted by molar-refractivity contribution is 6.32. The quantitative estimate of drug-likeness (QED) is 0.217. The first-order valence-electron chi connectivity index (χ1n) is 10.3. The van der Waals surface area contributed by atoms with E-state index in [1.165, 1.54) is 18.2 Å². The Labute approximate surface area is 202 Å². The van der Waals surface area contributed by atoms with Gasteiger partial charge in [-0.25, -0.2) is 0 Å². The third-order valence-electron chi connectivity index (χ3n) is 5.30. The number of nitrogens with zero attached hydrogens (tertiary/aromatic N) is 1. The number of carbonyl (C=O) groups is 1. The number of carbonyl (C=O) groups excluding carboxylic acids is 1. The van der Waals surface area contributed by atoms with Gasteiger partial charge in [0.25, 0.3) is 11.6 Å². The van der Waals surface area contributed by atoms with E-state index < -0.39 is 22.6 Å². The van der Waals surface area contributed by atoms with Crippen molar-refractivity contribution >= 4 is 51.0 Å². The number of fused-ring (bicyclic) bond motifs is 1. The van der Waals surface area contributed by atoms with Crippen LogP contribution in [-0.4, -0.2) is 10.8 Å². The van der Waals surface area contributed by atoms with Gasteiger partial charge in [-0.1, -0.05) is 23.7 Å². The summed E-state index contributed by atoms with van der Waals surface area (Å²) < 4.78 is 39.0. The number of nitro groups is 1. The largest absolute Gasteiger partial charge is 0.416 e. The van der Waals surface area contributed by atoms with Crippen molar-refractivity contribution in [3.05, 3.63) is 105 Å². The van der Waals surface area contributed by atoms with Crippen molar-refractivity contribution in [2.24, 2.45) is 0 Å². The summed E-state index contributed by atoms with van der Waals surface area (Å²) >= 11 is 5.80. The number of nitro benzene ring substituents is 1. The molecule has 1 amide bonds. The first kappa shape index (κ1) is 24.0. The number of anilines is 3. The minimum Gasteiger partial charge on any atom is -0.355 e. The molecule has 0 atom stereocenters. The average Bonchev–Trinajstić information content (AvgIpc) is 2.79.